The lowest BCUT2D eigenvalue weighted by Crippen LogP contribution is -2.58. The van der Waals surface area contributed by atoms with Crippen LogP contribution in [-0.2, 0) is 23.8 Å². The van der Waals surface area contributed by atoms with Gasteiger partial charge in [0.25, 0.3) is 0 Å². The first-order valence-corrected chi connectivity index (χ1v) is 14.1. The Kier molecular flexibility index (Phi) is 5.37. The Balaban J connectivity index is 1.25. The summed E-state index contributed by atoms with van der Waals surface area (Å²) >= 11 is 0. The van der Waals surface area contributed by atoms with E-state index in [0.29, 0.717) is 35.4 Å². The first-order valence-electron chi connectivity index (χ1n) is 14.1. The van der Waals surface area contributed by atoms with E-state index in [9.17, 15) is 9.59 Å². The van der Waals surface area contributed by atoms with Crippen LogP contribution in [0.3, 0.4) is 0 Å². The second kappa shape index (κ2) is 7.78. The molecule has 5 heteroatoms. The van der Waals surface area contributed by atoms with E-state index in [1.165, 1.54) is 19.8 Å². The molecule has 6 fully saturated rings. The van der Waals surface area contributed by atoms with Gasteiger partial charge in [0.2, 0.25) is 0 Å². The number of rotatable bonds is 1. The van der Waals surface area contributed by atoms with E-state index in [2.05, 4.69) is 27.7 Å². The fourth-order valence-electron chi connectivity index (χ4n) is 10.3. The highest BCUT2D eigenvalue weighted by atomic mass is 16.7. The molecule has 6 rings (SSSR count). The molecule has 4 aliphatic carbocycles. The highest BCUT2D eigenvalue weighted by Crippen LogP contribution is 2.70. The zero-order valence-corrected chi connectivity index (χ0v) is 21.8. The minimum Gasteiger partial charge on any atom is -0.463 e. The number of carbonyl (C=O) groups excluding carboxylic acids is 2. The van der Waals surface area contributed by atoms with E-state index in [-0.39, 0.29) is 40.8 Å². The molecule has 0 aromatic rings. The van der Waals surface area contributed by atoms with Crippen LogP contribution in [0.5, 0.6) is 0 Å². The standard InChI is InChI=1S/C29H44O5/c1-16-8-11-29(32-15-16)17(2)26-24(34-29)13-23-21-7-6-19-12-20(33-18(3)30)9-10-27(19,4)22(21)14-25(31)28(23,26)5/h16-17,19-24,26H,6-15H2,1-5H3/t16-,17+,19+,20+,21-,22+,23+,24+,26?,27+,28-,29-/m1/s1. The van der Waals surface area contributed by atoms with Gasteiger partial charge in [0, 0.05) is 37.0 Å². The summed E-state index contributed by atoms with van der Waals surface area (Å²) in [6, 6.07) is 0. The van der Waals surface area contributed by atoms with E-state index in [1.807, 2.05) is 0 Å². The molecule has 2 aliphatic heterocycles. The predicted molar refractivity (Wildman–Crippen MR) is 128 cm³/mol. The molecule has 190 valence electrons. The van der Waals surface area contributed by atoms with Crippen LogP contribution in [-0.4, -0.2) is 36.4 Å². The monoisotopic (exact) mass is 472 g/mol. The Morgan fingerprint density at radius 1 is 1.03 bits per heavy atom. The zero-order chi connectivity index (χ0) is 24.0. The van der Waals surface area contributed by atoms with Gasteiger partial charge in [0.1, 0.15) is 11.9 Å². The minimum absolute atomic E-state index is 0.0613. The fourth-order valence-corrected chi connectivity index (χ4v) is 10.3. The molecule has 0 N–H and O–H groups in total. The number of Topliss-reactive ketones (excluding diaryl/α,β-unsaturated/α-hetero) is 1. The molecule has 6 aliphatic rings. The molecule has 1 unspecified atom stereocenters. The van der Waals surface area contributed by atoms with Gasteiger partial charge in [-0.2, -0.15) is 0 Å². The number of fused-ring (bicyclic) bond motifs is 7. The van der Waals surface area contributed by atoms with Gasteiger partial charge in [-0.25, -0.2) is 0 Å². The molecule has 2 saturated heterocycles. The van der Waals surface area contributed by atoms with Crippen LogP contribution in [0.4, 0.5) is 0 Å². The van der Waals surface area contributed by atoms with Crippen molar-refractivity contribution in [1.82, 2.24) is 0 Å². The van der Waals surface area contributed by atoms with E-state index < -0.39 is 5.79 Å². The van der Waals surface area contributed by atoms with Crippen LogP contribution in [0.1, 0.15) is 92.4 Å². The Morgan fingerprint density at radius 2 is 1.82 bits per heavy atom. The summed E-state index contributed by atoms with van der Waals surface area (Å²) in [6.45, 7) is 11.6. The van der Waals surface area contributed by atoms with Crippen molar-refractivity contribution in [2.75, 3.05) is 6.61 Å². The summed E-state index contributed by atoms with van der Waals surface area (Å²) in [6.07, 6.45) is 9.47. The Labute approximate surface area is 205 Å². The van der Waals surface area contributed by atoms with Crippen LogP contribution in [0, 0.1) is 52.3 Å². The second-order valence-corrected chi connectivity index (χ2v) is 13.5. The lowest BCUT2D eigenvalue weighted by Gasteiger charge is -2.60. The quantitative estimate of drug-likeness (QED) is 0.469. The van der Waals surface area contributed by atoms with Gasteiger partial charge in [-0.3, -0.25) is 9.59 Å². The van der Waals surface area contributed by atoms with Gasteiger partial charge < -0.3 is 14.2 Å². The SMILES string of the molecule is CC(=O)O[C@H]1CC[C@@]2(C)[C@@H](CC[C@@H]3[C@@H]2CC(=O)[C@]2(C)C4[C@H](C[C@@H]32)O[C@]2(CC[C@@H](C)CO2)[C@H]4C)C1. The Bertz CT molecular complexity index is 861. The molecule has 0 radical (unpaired) electrons. The third-order valence-electron chi connectivity index (χ3n) is 12.1. The molecular formula is C29H44O5. The second-order valence-electron chi connectivity index (χ2n) is 13.5. The maximum absolute atomic E-state index is 14.1. The maximum atomic E-state index is 14.1. The molecule has 34 heavy (non-hydrogen) atoms. The fraction of sp³-hybridized carbons (Fsp3) is 0.931. The van der Waals surface area contributed by atoms with E-state index in [1.54, 1.807) is 0 Å². The van der Waals surface area contributed by atoms with Crippen molar-refractivity contribution in [1.29, 1.82) is 0 Å². The molecule has 4 saturated carbocycles. The Hall–Kier alpha value is -0.940. The molecule has 5 nitrogen and oxygen atoms in total. The molecule has 0 bridgehead atoms. The van der Waals surface area contributed by atoms with Crippen molar-refractivity contribution >= 4 is 11.8 Å². The molecule has 1 spiro atoms. The lowest BCUT2D eigenvalue weighted by molar-refractivity contribution is -0.272. The smallest absolute Gasteiger partial charge is 0.302 e. The number of hydrogen-bond acceptors (Lipinski definition) is 5. The largest absolute Gasteiger partial charge is 0.463 e. The zero-order valence-electron chi connectivity index (χ0n) is 21.8. The van der Waals surface area contributed by atoms with Gasteiger partial charge in [-0.05, 0) is 80.0 Å². The normalized spacial score (nSPS) is 56.4. The third kappa shape index (κ3) is 3.11. The molecular weight excluding hydrogens is 428 g/mol. The summed E-state index contributed by atoms with van der Waals surface area (Å²) in [7, 11) is 0. The van der Waals surface area contributed by atoms with Crippen LogP contribution in [0.15, 0.2) is 0 Å². The minimum atomic E-state index is -0.467. The van der Waals surface area contributed by atoms with Crippen LogP contribution in [0.2, 0.25) is 0 Å². The first-order chi connectivity index (χ1) is 16.1. The molecule has 0 aromatic carbocycles. The van der Waals surface area contributed by atoms with Crippen LogP contribution in [0.25, 0.3) is 0 Å². The van der Waals surface area contributed by atoms with Crippen molar-refractivity contribution in [3.05, 3.63) is 0 Å². The summed E-state index contributed by atoms with van der Waals surface area (Å²) < 4.78 is 18.8. The average molecular weight is 473 g/mol. The Morgan fingerprint density at radius 3 is 2.53 bits per heavy atom. The molecule has 12 atom stereocenters. The van der Waals surface area contributed by atoms with E-state index in [4.69, 9.17) is 14.2 Å². The molecule has 2 heterocycles. The average Bonchev–Trinajstić information content (AvgIpc) is 3.23. The van der Waals surface area contributed by atoms with Crippen molar-refractivity contribution in [2.24, 2.45) is 52.3 Å². The van der Waals surface area contributed by atoms with Crippen molar-refractivity contribution < 1.29 is 23.8 Å². The van der Waals surface area contributed by atoms with Crippen molar-refractivity contribution in [3.8, 4) is 0 Å². The molecule has 0 amide bonds. The number of ketones is 1. The third-order valence-corrected chi connectivity index (χ3v) is 12.1. The van der Waals surface area contributed by atoms with Gasteiger partial charge >= 0.3 is 5.97 Å². The summed E-state index contributed by atoms with van der Waals surface area (Å²) in [5.41, 5.74) is -0.0934. The lowest BCUT2D eigenvalue weighted by atomic mass is 9.44. The summed E-state index contributed by atoms with van der Waals surface area (Å²) in [5.74, 6) is 3.07. The van der Waals surface area contributed by atoms with Gasteiger partial charge in [-0.1, -0.05) is 27.7 Å². The van der Waals surface area contributed by atoms with E-state index in [0.717, 1.165) is 51.6 Å². The van der Waals surface area contributed by atoms with Gasteiger partial charge in [-0.15, -0.1) is 0 Å². The number of hydrogen-bond donors (Lipinski definition) is 0. The van der Waals surface area contributed by atoms with Gasteiger partial charge in [0.15, 0.2) is 5.79 Å². The van der Waals surface area contributed by atoms with Crippen molar-refractivity contribution in [3.63, 3.8) is 0 Å². The van der Waals surface area contributed by atoms with Crippen LogP contribution >= 0.6 is 0 Å². The van der Waals surface area contributed by atoms with Gasteiger partial charge in [0.05, 0.1) is 12.7 Å². The van der Waals surface area contributed by atoms with Crippen LogP contribution < -0.4 is 0 Å². The number of esters is 1. The van der Waals surface area contributed by atoms with E-state index >= 15 is 0 Å². The summed E-state index contributed by atoms with van der Waals surface area (Å²) in [5, 5.41) is 0. The molecule has 0 aromatic heterocycles. The topological polar surface area (TPSA) is 61.8 Å². The highest BCUT2D eigenvalue weighted by molar-refractivity contribution is 5.87. The van der Waals surface area contributed by atoms with Crippen molar-refractivity contribution in [2.45, 2.75) is 110 Å². The summed E-state index contributed by atoms with van der Waals surface area (Å²) in [4.78, 5) is 25.7. The first kappa shape index (κ1) is 23.5. The highest BCUT2D eigenvalue weighted by Gasteiger charge is 2.71. The number of carbonyl (C=O) groups is 2. The maximum Gasteiger partial charge on any atom is 0.302 e. The number of ether oxygens (including phenoxy) is 3. The predicted octanol–water partition coefficient (Wildman–Crippen LogP) is 5.54.